The first-order valence-corrected chi connectivity index (χ1v) is 7.44. The summed E-state index contributed by atoms with van der Waals surface area (Å²) in [6.07, 6.45) is 8.21. The summed E-state index contributed by atoms with van der Waals surface area (Å²) in [6.45, 7) is 5.30. The fourth-order valence-electron chi connectivity index (χ4n) is 2.74. The molecule has 100 valence electrons. The topological polar surface area (TPSA) is 29.0 Å². The van der Waals surface area contributed by atoms with Crippen LogP contribution in [-0.2, 0) is 5.88 Å². The second-order valence-corrected chi connectivity index (χ2v) is 5.30. The molecule has 1 fully saturated rings. The van der Waals surface area contributed by atoms with Gasteiger partial charge < -0.3 is 4.90 Å². The molecule has 0 N–H and O–H groups in total. The van der Waals surface area contributed by atoms with E-state index in [0.717, 1.165) is 23.8 Å². The zero-order valence-electron chi connectivity index (χ0n) is 11.3. The van der Waals surface area contributed by atoms with Crippen molar-refractivity contribution >= 4 is 17.4 Å². The van der Waals surface area contributed by atoms with Crippen molar-refractivity contribution < 1.29 is 0 Å². The maximum Gasteiger partial charge on any atom is 0.136 e. The van der Waals surface area contributed by atoms with Gasteiger partial charge in [-0.25, -0.2) is 9.97 Å². The van der Waals surface area contributed by atoms with Crippen LogP contribution in [0.4, 0.5) is 5.82 Å². The molecule has 1 aromatic heterocycles. The van der Waals surface area contributed by atoms with E-state index in [2.05, 4.69) is 21.8 Å². The Kier molecular flexibility index (Phi) is 4.81. The van der Waals surface area contributed by atoms with Crippen LogP contribution in [0.25, 0.3) is 0 Å². The molecule has 0 amide bonds. The second kappa shape index (κ2) is 6.37. The summed E-state index contributed by atoms with van der Waals surface area (Å²) in [5.74, 6) is 2.39. The van der Waals surface area contributed by atoms with E-state index in [1.807, 2.05) is 13.1 Å². The van der Waals surface area contributed by atoms with E-state index >= 15 is 0 Å². The first-order valence-electron chi connectivity index (χ1n) is 6.91. The van der Waals surface area contributed by atoms with Crippen LogP contribution < -0.4 is 4.90 Å². The monoisotopic (exact) mass is 267 g/mol. The van der Waals surface area contributed by atoms with Gasteiger partial charge in [0.15, 0.2) is 0 Å². The number of anilines is 1. The Balaban J connectivity index is 2.29. The van der Waals surface area contributed by atoms with Crippen molar-refractivity contribution in [3.63, 3.8) is 0 Å². The molecule has 0 spiro atoms. The number of alkyl halides is 1. The van der Waals surface area contributed by atoms with Gasteiger partial charge in [0.1, 0.15) is 11.6 Å². The van der Waals surface area contributed by atoms with Crippen LogP contribution in [0.15, 0.2) is 6.20 Å². The molecule has 1 aromatic rings. The predicted octanol–water partition coefficient (Wildman–Crippen LogP) is 3.68. The molecular weight excluding hydrogens is 246 g/mol. The van der Waals surface area contributed by atoms with Crippen LogP contribution >= 0.6 is 11.6 Å². The highest BCUT2D eigenvalue weighted by atomic mass is 35.5. The number of aromatic nitrogens is 2. The van der Waals surface area contributed by atoms with Crippen molar-refractivity contribution in [2.24, 2.45) is 0 Å². The first-order chi connectivity index (χ1) is 8.76. The lowest BCUT2D eigenvalue weighted by Gasteiger charge is -2.37. The van der Waals surface area contributed by atoms with Gasteiger partial charge in [-0.15, -0.1) is 11.6 Å². The highest BCUT2D eigenvalue weighted by Gasteiger charge is 2.24. The number of rotatable bonds is 4. The first kappa shape index (κ1) is 13.6. The van der Waals surface area contributed by atoms with Crippen molar-refractivity contribution in [3.05, 3.63) is 17.6 Å². The maximum atomic E-state index is 6.02. The molecule has 0 bridgehead atoms. The molecular formula is C14H22ClN3. The number of hydrogen-bond acceptors (Lipinski definition) is 3. The molecule has 18 heavy (non-hydrogen) atoms. The van der Waals surface area contributed by atoms with Crippen LogP contribution in [0.1, 0.15) is 50.4 Å². The van der Waals surface area contributed by atoms with Gasteiger partial charge in [0.05, 0.1) is 5.88 Å². The van der Waals surface area contributed by atoms with Crippen molar-refractivity contribution in [2.75, 3.05) is 11.4 Å². The Morgan fingerprint density at radius 2 is 2.28 bits per heavy atom. The third kappa shape index (κ3) is 2.94. The Morgan fingerprint density at radius 1 is 1.44 bits per heavy atom. The minimum absolute atomic E-state index is 0.491. The highest BCUT2D eigenvalue weighted by molar-refractivity contribution is 6.17. The minimum Gasteiger partial charge on any atom is -0.353 e. The maximum absolute atomic E-state index is 6.02. The molecule has 2 rings (SSSR count). The summed E-state index contributed by atoms with van der Waals surface area (Å²) < 4.78 is 0. The van der Waals surface area contributed by atoms with Gasteiger partial charge in [0.2, 0.25) is 0 Å². The lowest BCUT2D eigenvalue weighted by molar-refractivity contribution is 0.430. The van der Waals surface area contributed by atoms with Gasteiger partial charge in [-0.05, 0) is 32.6 Å². The minimum atomic E-state index is 0.491. The van der Waals surface area contributed by atoms with Gasteiger partial charge >= 0.3 is 0 Å². The normalized spacial score (nSPS) is 20.2. The fourth-order valence-corrected chi connectivity index (χ4v) is 2.93. The van der Waals surface area contributed by atoms with Crippen molar-refractivity contribution in [2.45, 2.75) is 57.9 Å². The average molecular weight is 268 g/mol. The van der Waals surface area contributed by atoms with Crippen LogP contribution in [0.3, 0.4) is 0 Å². The van der Waals surface area contributed by atoms with Gasteiger partial charge in [-0.3, -0.25) is 0 Å². The molecule has 1 aliphatic heterocycles. The third-order valence-corrected chi connectivity index (χ3v) is 3.92. The third-order valence-electron chi connectivity index (χ3n) is 3.63. The lowest BCUT2D eigenvalue weighted by Crippen LogP contribution is -2.40. The van der Waals surface area contributed by atoms with E-state index in [4.69, 9.17) is 11.6 Å². The number of nitrogens with zero attached hydrogens (tertiary/aromatic N) is 3. The molecule has 4 heteroatoms. The molecule has 0 aromatic carbocycles. The fraction of sp³-hybridized carbons (Fsp3) is 0.714. The molecule has 2 heterocycles. The highest BCUT2D eigenvalue weighted by Crippen LogP contribution is 2.29. The molecule has 1 saturated heterocycles. The smallest absolute Gasteiger partial charge is 0.136 e. The summed E-state index contributed by atoms with van der Waals surface area (Å²) in [7, 11) is 0. The van der Waals surface area contributed by atoms with Crippen molar-refractivity contribution in [3.8, 4) is 0 Å². The summed E-state index contributed by atoms with van der Waals surface area (Å²) in [6, 6.07) is 0.625. The number of piperidine rings is 1. The molecule has 0 saturated carbocycles. The van der Waals surface area contributed by atoms with Crippen molar-refractivity contribution in [1.82, 2.24) is 9.97 Å². The van der Waals surface area contributed by atoms with E-state index in [1.54, 1.807) is 0 Å². The summed E-state index contributed by atoms with van der Waals surface area (Å²) in [5.41, 5.74) is 1.06. The molecule has 0 aliphatic carbocycles. The zero-order valence-corrected chi connectivity index (χ0v) is 12.1. The Morgan fingerprint density at radius 3 is 3.00 bits per heavy atom. The van der Waals surface area contributed by atoms with Crippen LogP contribution in [0, 0.1) is 6.92 Å². The largest absolute Gasteiger partial charge is 0.353 e. The molecule has 3 nitrogen and oxygen atoms in total. The zero-order chi connectivity index (χ0) is 13.0. The average Bonchev–Trinajstić information content (AvgIpc) is 2.40. The quantitative estimate of drug-likeness (QED) is 0.779. The number of halogens is 1. The molecule has 1 atom stereocenters. The Bertz CT molecular complexity index is 393. The standard InChI is InChI=1S/C14H22ClN3/c1-3-6-13-7-4-5-8-18(13)14-12(9-15)10-16-11(2)17-14/h10,13H,3-9H2,1-2H3. The van der Waals surface area contributed by atoms with E-state index in [9.17, 15) is 0 Å². The van der Waals surface area contributed by atoms with E-state index in [1.165, 1.54) is 32.1 Å². The van der Waals surface area contributed by atoms with E-state index < -0.39 is 0 Å². The number of aryl methyl sites for hydroxylation is 1. The van der Waals surface area contributed by atoms with Crippen LogP contribution in [0.5, 0.6) is 0 Å². The summed E-state index contributed by atoms with van der Waals surface area (Å²) in [4.78, 5) is 11.3. The Labute approximate surface area is 115 Å². The van der Waals surface area contributed by atoms with Gasteiger partial charge in [-0.1, -0.05) is 13.3 Å². The van der Waals surface area contributed by atoms with Crippen molar-refractivity contribution in [1.29, 1.82) is 0 Å². The SMILES string of the molecule is CCCC1CCCCN1c1nc(C)ncc1CCl. The van der Waals surface area contributed by atoms with Gasteiger partial charge in [0.25, 0.3) is 0 Å². The number of hydrogen-bond donors (Lipinski definition) is 0. The lowest BCUT2D eigenvalue weighted by atomic mass is 9.98. The van der Waals surface area contributed by atoms with Crippen LogP contribution in [-0.4, -0.2) is 22.6 Å². The van der Waals surface area contributed by atoms with E-state index in [-0.39, 0.29) is 0 Å². The predicted molar refractivity (Wildman–Crippen MR) is 76.2 cm³/mol. The molecule has 1 aliphatic rings. The van der Waals surface area contributed by atoms with Gasteiger partial charge in [-0.2, -0.15) is 0 Å². The molecule has 1 unspecified atom stereocenters. The second-order valence-electron chi connectivity index (χ2n) is 5.03. The van der Waals surface area contributed by atoms with Crippen LogP contribution in [0.2, 0.25) is 0 Å². The summed E-state index contributed by atoms with van der Waals surface area (Å²) >= 11 is 6.02. The van der Waals surface area contributed by atoms with Gasteiger partial charge in [0, 0.05) is 24.3 Å². The molecule has 0 radical (unpaired) electrons. The van der Waals surface area contributed by atoms with E-state index in [0.29, 0.717) is 11.9 Å². The Hall–Kier alpha value is -0.830. The summed E-state index contributed by atoms with van der Waals surface area (Å²) in [5, 5.41) is 0.